The number of rotatable bonds is 3. The maximum Gasteiger partial charge on any atom is 0.275 e. The number of phenols is 3. The Labute approximate surface area is 135 Å². The largest absolute Gasteiger partial charge is 0.507 e. The van der Waals surface area contributed by atoms with Crippen LogP contribution in [0.5, 0.6) is 17.2 Å². The highest BCUT2D eigenvalue weighted by molar-refractivity contribution is 6.36. The Morgan fingerprint density at radius 2 is 1.73 bits per heavy atom. The maximum absolute atomic E-state index is 11.8. The second-order valence-electron chi connectivity index (χ2n) is 4.22. The number of carbonyl (C=O) groups excluding carboxylic acids is 1. The zero-order valence-corrected chi connectivity index (χ0v) is 12.4. The first kappa shape index (κ1) is 15.9. The molecular formula is C14H10Cl2N2O4. The van der Waals surface area contributed by atoms with E-state index in [0.717, 1.165) is 12.1 Å². The molecule has 0 atom stereocenters. The molecule has 0 radical (unpaired) electrons. The third-order valence-corrected chi connectivity index (χ3v) is 3.23. The first-order chi connectivity index (χ1) is 10.4. The van der Waals surface area contributed by atoms with E-state index < -0.39 is 23.2 Å². The van der Waals surface area contributed by atoms with E-state index in [1.165, 1.54) is 12.3 Å². The van der Waals surface area contributed by atoms with Crippen LogP contribution >= 0.6 is 23.2 Å². The minimum atomic E-state index is -0.769. The highest BCUT2D eigenvalue weighted by Gasteiger charge is 2.14. The summed E-state index contributed by atoms with van der Waals surface area (Å²) in [5.41, 5.74) is 2.45. The van der Waals surface area contributed by atoms with Gasteiger partial charge < -0.3 is 15.3 Å². The molecule has 0 spiro atoms. The van der Waals surface area contributed by atoms with Crippen molar-refractivity contribution < 1.29 is 20.1 Å². The maximum atomic E-state index is 11.8. The van der Waals surface area contributed by atoms with Gasteiger partial charge in [0.2, 0.25) is 0 Å². The average molecular weight is 341 g/mol. The molecule has 0 aliphatic carbocycles. The van der Waals surface area contributed by atoms with Crippen molar-refractivity contribution in [3.63, 3.8) is 0 Å². The Balaban J connectivity index is 2.13. The highest BCUT2D eigenvalue weighted by atomic mass is 35.5. The fourth-order valence-electron chi connectivity index (χ4n) is 1.57. The summed E-state index contributed by atoms with van der Waals surface area (Å²) < 4.78 is 0. The van der Waals surface area contributed by atoms with Crippen LogP contribution in [0.4, 0.5) is 0 Å². The van der Waals surface area contributed by atoms with Gasteiger partial charge in [-0.3, -0.25) is 4.79 Å². The number of hydrogen-bond acceptors (Lipinski definition) is 5. The molecule has 0 aliphatic rings. The lowest BCUT2D eigenvalue weighted by atomic mass is 10.1. The Morgan fingerprint density at radius 1 is 1.05 bits per heavy atom. The van der Waals surface area contributed by atoms with Crippen LogP contribution in [0.3, 0.4) is 0 Å². The third-order valence-electron chi connectivity index (χ3n) is 2.67. The second-order valence-corrected chi connectivity index (χ2v) is 5.07. The van der Waals surface area contributed by atoms with Gasteiger partial charge in [0.05, 0.1) is 16.8 Å². The zero-order valence-electron chi connectivity index (χ0n) is 10.9. The van der Waals surface area contributed by atoms with Crippen molar-refractivity contribution in [2.45, 2.75) is 0 Å². The van der Waals surface area contributed by atoms with Gasteiger partial charge in [-0.2, -0.15) is 5.10 Å². The second kappa shape index (κ2) is 6.55. The molecular weight excluding hydrogens is 331 g/mol. The molecule has 0 bridgehead atoms. The van der Waals surface area contributed by atoms with E-state index in [1.54, 1.807) is 12.1 Å². The van der Waals surface area contributed by atoms with E-state index in [1.807, 2.05) is 0 Å². The summed E-state index contributed by atoms with van der Waals surface area (Å²) in [6.45, 7) is 0. The fraction of sp³-hybridized carbons (Fsp3) is 0. The summed E-state index contributed by atoms with van der Waals surface area (Å²) in [6, 6.07) is 6.52. The SMILES string of the molecule is O=C(NN=Cc1ccc(Cl)cc1Cl)c1cc(O)c(O)cc1O. The van der Waals surface area contributed by atoms with Crippen LogP contribution < -0.4 is 5.43 Å². The monoisotopic (exact) mass is 340 g/mol. The van der Waals surface area contributed by atoms with Crippen molar-refractivity contribution in [1.29, 1.82) is 0 Å². The van der Waals surface area contributed by atoms with Crippen LogP contribution in [0.2, 0.25) is 10.0 Å². The first-order valence-corrected chi connectivity index (χ1v) is 6.67. The number of hydrazone groups is 1. The van der Waals surface area contributed by atoms with Gasteiger partial charge in [0, 0.05) is 22.7 Å². The van der Waals surface area contributed by atoms with E-state index in [4.69, 9.17) is 23.2 Å². The molecule has 4 N–H and O–H groups in total. The molecule has 22 heavy (non-hydrogen) atoms. The first-order valence-electron chi connectivity index (χ1n) is 5.92. The fourth-order valence-corrected chi connectivity index (χ4v) is 2.03. The molecule has 2 aromatic rings. The van der Waals surface area contributed by atoms with Crippen molar-refractivity contribution in [2.24, 2.45) is 5.10 Å². The number of nitrogens with zero attached hydrogens (tertiary/aromatic N) is 1. The Bertz CT molecular complexity index is 763. The lowest BCUT2D eigenvalue weighted by molar-refractivity contribution is 0.0952. The summed E-state index contributed by atoms with van der Waals surface area (Å²) in [5.74, 6) is -2.33. The predicted molar refractivity (Wildman–Crippen MR) is 83.0 cm³/mol. The lowest BCUT2D eigenvalue weighted by Crippen LogP contribution is -2.17. The van der Waals surface area contributed by atoms with Crippen molar-refractivity contribution in [3.05, 3.63) is 51.5 Å². The average Bonchev–Trinajstić information content (AvgIpc) is 2.45. The zero-order chi connectivity index (χ0) is 16.3. The summed E-state index contributed by atoms with van der Waals surface area (Å²) in [5, 5.41) is 32.6. The topological polar surface area (TPSA) is 102 Å². The molecule has 6 nitrogen and oxygen atoms in total. The Hall–Kier alpha value is -2.44. The minimum absolute atomic E-state index is 0.241. The summed E-state index contributed by atoms with van der Waals surface area (Å²) in [6.07, 6.45) is 1.30. The number of aromatic hydroxyl groups is 3. The quantitative estimate of drug-likeness (QED) is 0.298. The van der Waals surface area contributed by atoms with Gasteiger partial charge in [-0.05, 0) is 12.1 Å². The number of phenolic OH excluding ortho intramolecular Hbond substituents is 3. The van der Waals surface area contributed by atoms with Gasteiger partial charge in [0.1, 0.15) is 5.75 Å². The van der Waals surface area contributed by atoms with E-state index in [0.29, 0.717) is 15.6 Å². The molecule has 114 valence electrons. The Kier molecular flexibility index (Phi) is 4.75. The number of nitrogens with one attached hydrogen (secondary N) is 1. The molecule has 2 aromatic carbocycles. The van der Waals surface area contributed by atoms with E-state index in [9.17, 15) is 20.1 Å². The van der Waals surface area contributed by atoms with E-state index in [2.05, 4.69) is 10.5 Å². The van der Waals surface area contributed by atoms with Gasteiger partial charge in [-0.15, -0.1) is 0 Å². The van der Waals surface area contributed by atoms with Gasteiger partial charge in [0.25, 0.3) is 5.91 Å². The van der Waals surface area contributed by atoms with Gasteiger partial charge in [0.15, 0.2) is 11.5 Å². The smallest absolute Gasteiger partial charge is 0.275 e. The molecule has 0 fully saturated rings. The third kappa shape index (κ3) is 3.60. The van der Waals surface area contributed by atoms with Crippen LogP contribution in [0, 0.1) is 0 Å². The van der Waals surface area contributed by atoms with E-state index >= 15 is 0 Å². The van der Waals surface area contributed by atoms with Crippen molar-refractivity contribution >= 4 is 35.3 Å². The Morgan fingerprint density at radius 3 is 2.41 bits per heavy atom. The highest BCUT2D eigenvalue weighted by Crippen LogP contribution is 2.31. The molecule has 2 rings (SSSR count). The molecule has 0 saturated carbocycles. The number of hydrogen-bond donors (Lipinski definition) is 4. The van der Waals surface area contributed by atoms with Gasteiger partial charge >= 0.3 is 0 Å². The van der Waals surface area contributed by atoms with Crippen LogP contribution in [0.15, 0.2) is 35.4 Å². The number of amides is 1. The number of benzene rings is 2. The van der Waals surface area contributed by atoms with Crippen LogP contribution in [0.1, 0.15) is 15.9 Å². The van der Waals surface area contributed by atoms with Crippen molar-refractivity contribution in [2.75, 3.05) is 0 Å². The summed E-state index contributed by atoms with van der Waals surface area (Å²) >= 11 is 11.7. The molecule has 0 unspecified atom stereocenters. The normalized spacial score (nSPS) is 10.8. The minimum Gasteiger partial charge on any atom is -0.507 e. The van der Waals surface area contributed by atoms with Crippen molar-refractivity contribution in [3.8, 4) is 17.2 Å². The predicted octanol–water partition coefficient (Wildman–Crippen LogP) is 2.87. The molecule has 0 aliphatic heterocycles. The van der Waals surface area contributed by atoms with Gasteiger partial charge in [-0.1, -0.05) is 29.3 Å². The van der Waals surface area contributed by atoms with Crippen molar-refractivity contribution in [1.82, 2.24) is 5.43 Å². The molecule has 8 heteroatoms. The molecule has 1 amide bonds. The van der Waals surface area contributed by atoms with Crippen LogP contribution in [0.25, 0.3) is 0 Å². The van der Waals surface area contributed by atoms with Gasteiger partial charge in [-0.25, -0.2) is 5.43 Å². The van der Waals surface area contributed by atoms with E-state index in [-0.39, 0.29) is 5.56 Å². The number of halogens is 2. The molecule has 0 saturated heterocycles. The lowest BCUT2D eigenvalue weighted by Gasteiger charge is -2.05. The number of carbonyl (C=O) groups is 1. The van der Waals surface area contributed by atoms with Crippen LogP contribution in [-0.2, 0) is 0 Å². The summed E-state index contributed by atoms with van der Waals surface area (Å²) in [4.78, 5) is 11.8. The summed E-state index contributed by atoms with van der Waals surface area (Å²) in [7, 11) is 0. The standard InChI is InChI=1S/C14H10Cl2N2O4/c15-8-2-1-7(10(16)3-8)6-17-18-14(22)9-4-12(20)13(21)5-11(9)19/h1-6,19-21H,(H,18,22). The van der Waals surface area contributed by atoms with Crippen LogP contribution in [-0.4, -0.2) is 27.4 Å². The molecule has 0 heterocycles. The molecule has 0 aromatic heterocycles.